The number of hydrogen-bond acceptors (Lipinski definition) is 2. The second-order valence-corrected chi connectivity index (χ2v) is 4.06. The van der Waals surface area contributed by atoms with E-state index in [0.29, 0.717) is 25.2 Å². The number of halogens is 5. The molecule has 0 aliphatic rings. The maximum Gasteiger partial charge on any atom is 0.416 e. The normalized spacial score (nSPS) is 10.9. The van der Waals surface area contributed by atoms with E-state index in [0.717, 1.165) is 6.07 Å². The lowest BCUT2D eigenvalue weighted by molar-refractivity contribution is -0.137. The zero-order valence-corrected chi connectivity index (χ0v) is 11.7. The third-order valence-corrected chi connectivity index (χ3v) is 2.52. The van der Waals surface area contributed by atoms with Crippen LogP contribution in [0.25, 0.3) is 0 Å². The number of alkyl halides is 3. The lowest BCUT2D eigenvalue weighted by atomic mass is 10.1. The minimum Gasteiger partial charge on any atom is -0.340 e. The second-order valence-electron chi connectivity index (χ2n) is 4.06. The van der Waals surface area contributed by atoms with Crippen LogP contribution in [0.15, 0.2) is 18.2 Å². The molecule has 0 atom stereocenters. The summed E-state index contributed by atoms with van der Waals surface area (Å²) in [5, 5.41) is 2.80. The molecule has 3 nitrogen and oxygen atoms in total. The van der Waals surface area contributed by atoms with Crippen LogP contribution in [0, 0.1) is 5.82 Å². The molecule has 1 aromatic rings. The van der Waals surface area contributed by atoms with Crippen molar-refractivity contribution in [3.05, 3.63) is 35.1 Å². The highest BCUT2D eigenvalue weighted by atomic mass is 35.5. The molecule has 0 fully saturated rings. The summed E-state index contributed by atoms with van der Waals surface area (Å²) in [6.45, 7) is 0.802. The van der Waals surface area contributed by atoms with E-state index in [4.69, 9.17) is 0 Å². The highest BCUT2D eigenvalue weighted by Gasteiger charge is 2.32. The average molecular weight is 315 g/mol. The average Bonchev–Trinajstić information content (AvgIpc) is 2.33. The Morgan fingerprint density at radius 3 is 2.40 bits per heavy atom. The van der Waals surface area contributed by atoms with E-state index < -0.39 is 23.5 Å². The lowest BCUT2D eigenvalue weighted by Crippen LogP contribution is -2.33. The standard InChI is InChI=1S/C12H14F4N2O.ClH/c1-17-3-4-18(2)11(19)8-5-9(12(14,15)16)7-10(13)6-8;/h5-7,17H,3-4H2,1-2H3;1H. The number of carbonyl (C=O) groups is 1. The van der Waals surface area contributed by atoms with Gasteiger partial charge in [0.2, 0.25) is 0 Å². The summed E-state index contributed by atoms with van der Waals surface area (Å²) in [6.07, 6.45) is -4.68. The molecule has 0 saturated heterocycles. The van der Waals surface area contributed by atoms with Gasteiger partial charge in [0.15, 0.2) is 0 Å². The Bertz CT molecular complexity index is 465. The molecule has 1 N–H and O–H groups in total. The lowest BCUT2D eigenvalue weighted by Gasteiger charge is -2.17. The molecule has 0 aliphatic heterocycles. The van der Waals surface area contributed by atoms with E-state index in [2.05, 4.69) is 5.32 Å². The van der Waals surface area contributed by atoms with Crippen molar-refractivity contribution in [1.82, 2.24) is 10.2 Å². The van der Waals surface area contributed by atoms with Crippen molar-refractivity contribution in [2.45, 2.75) is 6.18 Å². The van der Waals surface area contributed by atoms with Gasteiger partial charge < -0.3 is 10.2 Å². The summed E-state index contributed by atoms with van der Waals surface area (Å²) in [5.41, 5.74) is -1.48. The van der Waals surface area contributed by atoms with E-state index in [-0.39, 0.29) is 18.0 Å². The largest absolute Gasteiger partial charge is 0.416 e. The van der Waals surface area contributed by atoms with Crippen molar-refractivity contribution in [2.75, 3.05) is 27.2 Å². The molecule has 0 bridgehead atoms. The Balaban J connectivity index is 0.00000361. The second kappa shape index (κ2) is 7.44. The van der Waals surface area contributed by atoms with Crippen molar-refractivity contribution < 1.29 is 22.4 Å². The van der Waals surface area contributed by atoms with Crippen molar-refractivity contribution in [3.63, 3.8) is 0 Å². The first kappa shape index (κ1) is 18.7. The van der Waals surface area contributed by atoms with Crippen LogP contribution >= 0.6 is 12.4 Å². The van der Waals surface area contributed by atoms with Crippen LogP contribution in [-0.4, -0.2) is 38.0 Å². The van der Waals surface area contributed by atoms with Crippen molar-refractivity contribution in [2.24, 2.45) is 0 Å². The minimum atomic E-state index is -4.68. The third-order valence-electron chi connectivity index (χ3n) is 2.52. The molecule has 0 radical (unpaired) electrons. The van der Waals surface area contributed by atoms with Crippen LogP contribution in [0.4, 0.5) is 17.6 Å². The molecule has 1 rings (SSSR count). The highest BCUT2D eigenvalue weighted by molar-refractivity contribution is 5.94. The summed E-state index contributed by atoms with van der Waals surface area (Å²) >= 11 is 0. The molecule has 0 saturated carbocycles. The number of hydrogen-bond donors (Lipinski definition) is 1. The van der Waals surface area contributed by atoms with Crippen LogP contribution < -0.4 is 5.32 Å². The predicted molar refractivity (Wildman–Crippen MR) is 69.5 cm³/mol. The molecular weight excluding hydrogens is 300 g/mol. The molecule has 0 spiro atoms. The molecule has 0 aromatic heterocycles. The quantitative estimate of drug-likeness (QED) is 0.866. The van der Waals surface area contributed by atoms with E-state index in [1.54, 1.807) is 7.05 Å². The molecule has 1 amide bonds. The summed E-state index contributed by atoms with van der Waals surface area (Å²) in [6, 6.07) is 1.82. The Labute approximate surface area is 120 Å². The van der Waals surface area contributed by atoms with Gasteiger partial charge in [-0.05, 0) is 25.2 Å². The highest BCUT2D eigenvalue weighted by Crippen LogP contribution is 2.30. The Morgan fingerprint density at radius 1 is 1.30 bits per heavy atom. The monoisotopic (exact) mass is 314 g/mol. The number of carbonyl (C=O) groups excluding carboxylic acids is 1. The van der Waals surface area contributed by atoms with Gasteiger partial charge in [-0.3, -0.25) is 4.79 Å². The van der Waals surface area contributed by atoms with E-state index in [9.17, 15) is 22.4 Å². The van der Waals surface area contributed by atoms with E-state index in [1.807, 2.05) is 0 Å². The molecule has 114 valence electrons. The predicted octanol–water partition coefficient (Wildman–Crippen LogP) is 2.56. The van der Waals surface area contributed by atoms with Crippen molar-refractivity contribution >= 4 is 18.3 Å². The maximum atomic E-state index is 13.2. The van der Waals surface area contributed by atoms with Crippen LogP contribution in [0.3, 0.4) is 0 Å². The Kier molecular flexibility index (Phi) is 6.95. The maximum absolute atomic E-state index is 13.2. The van der Waals surface area contributed by atoms with Crippen molar-refractivity contribution in [1.29, 1.82) is 0 Å². The summed E-state index contributed by atoms with van der Waals surface area (Å²) in [4.78, 5) is 13.1. The van der Waals surface area contributed by atoms with Gasteiger partial charge >= 0.3 is 6.18 Å². The first-order valence-corrected chi connectivity index (χ1v) is 5.53. The van der Waals surface area contributed by atoms with Crippen molar-refractivity contribution in [3.8, 4) is 0 Å². The number of benzene rings is 1. The Morgan fingerprint density at radius 2 is 1.90 bits per heavy atom. The molecule has 0 heterocycles. The topological polar surface area (TPSA) is 32.3 Å². The molecule has 20 heavy (non-hydrogen) atoms. The fourth-order valence-electron chi connectivity index (χ4n) is 1.48. The van der Waals surface area contributed by atoms with Gasteiger partial charge in [-0.2, -0.15) is 13.2 Å². The molecule has 1 aromatic carbocycles. The number of amides is 1. The van der Waals surface area contributed by atoms with E-state index >= 15 is 0 Å². The molecule has 0 unspecified atom stereocenters. The van der Waals surface area contributed by atoms with Crippen LogP contribution in [-0.2, 0) is 6.18 Å². The first-order valence-electron chi connectivity index (χ1n) is 5.53. The number of nitrogens with one attached hydrogen (secondary N) is 1. The van der Waals surface area contributed by atoms with Crippen LogP contribution in [0.2, 0.25) is 0 Å². The van der Waals surface area contributed by atoms with Gasteiger partial charge in [0, 0.05) is 25.7 Å². The fraction of sp³-hybridized carbons (Fsp3) is 0.417. The van der Waals surface area contributed by atoms with Gasteiger partial charge in [0.25, 0.3) is 5.91 Å². The number of rotatable bonds is 4. The summed E-state index contributed by atoms with van der Waals surface area (Å²) in [7, 11) is 3.13. The minimum absolute atomic E-state index is 0. The zero-order valence-electron chi connectivity index (χ0n) is 10.9. The molecule has 0 aliphatic carbocycles. The van der Waals surface area contributed by atoms with Gasteiger partial charge in [0.05, 0.1) is 5.56 Å². The third kappa shape index (κ3) is 4.97. The van der Waals surface area contributed by atoms with Gasteiger partial charge in [-0.1, -0.05) is 0 Å². The molecule has 8 heteroatoms. The van der Waals surface area contributed by atoms with Gasteiger partial charge in [-0.15, -0.1) is 12.4 Å². The Hall–Kier alpha value is -1.34. The fourth-order valence-corrected chi connectivity index (χ4v) is 1.48. The van der Waals surface area contributed by atoms with E-state index in [1.165, 1.54) is 11.9 Å². The van der Waals surface area contributed by atoms with Crippen LogP contribution in [0.5, 0.6) is 0 Å². The smallest absolute Gasteiger partial charge is 0.340 e. The van der Waals surface area contributed by atoms with Gasteiger partial charge in [-0.25, -0.2) is 4.39 Å². The number of nitrogens with zero attached hydrogens (tertiary/aromatic N) is 1. The number of likely N-dealkylation sites (N-methyl/N-ethyl adjacent to an activating group) is 2. The molecular formula is C12H15ClF4N2O. The zero-order chi connectivity index (χ0) is 14.6. The van der Waals surface area contributed by atoms with Gasteiger partial charge in [0.1, 0.15) is 5.82 Å². The SMILES string of the molecule is CNCCN(C)C(=O)c1cc(F)cc(C(F)(F)F)c1.Cl. The summed E-state index contributed by atoms with van der Waals surface area (Å²) < 4.78 is 50.7. The first-order chi connectivity index (χ1) is 8.75. The van der Waals surface area contributed by atoms with Crippen LogP contribution in [0.1, 0.15) is 15.9 Å². The summed E-state index contributed by atoms with van der Waals surface area (Å²) in [5.74, 6) is -1.74.